The molecule has 1 rings (SSSR count). The molecule has 0 fully saturated rings. The molecular weight excluding hydrogens is 702 g/mol. The van der Waals surface area contributed by atoms with Crippen molar-refractivity contribution < 1.29 is 0 Å². The van der Waals surface area contributed by atoms with E-state index in [1.54, 1.807) is 26.6 Å². The molecule has 0 radical (unpaired) electrons. The van der Waals surface area contributed by atoms with Crippen LogP contribution in [-0.4, -0.2) is 36.8 Å². The number of rotatable bonds is 26. The predicted molar refractivity (Wildman–Crippen MR) is 191 cm³/mol. The Hall–Kier alpha value is 1.30. The zero-order chi connectivity index (χ0) is 29.0. The fourth-order valence-corrected chi connectivity index (χ4v) is 51.5. The van der Waals surface area contributed by atoms with Gasteiger partial charge < -0.3 is 0 Å². The summed E-state index contributed by atoms with van der Waals surface area (Å²) in [5.74, 6) is 0. The molecule has 0 aromatic carbocycles. The fourth-order valence-electron chi connectivity index (χ4n) is 7.11. The summed E-state index contributed by atoms with van der Waals surface area (Å²) in [6, 6.07) is 0. The molecule has 0 amide bonds. The molecule has 0 saturated carbocycles. The summed E-state index contributed by atoms with van der Waals surface area (Å²) in [6.45, 7) is 19.6. The Bertz CT molecular complexity index is 620. The van der Waals surface area contributed by atoms with Gasteiger partial charge in [-0.05, 0) is 0 Å². The Labute approximate surface area is 260 Å². The van der Waals surface area contributed by atoms with Gasteiger partial charge in [0.25, 0.3) is 0 Å². The summed E-state index contributed by atoms with van der Waals surface area (Å²) in [5.41, 5.74) is 4.05. The first kappa shape index (κ1) is 38.3. The zero-order valence-electron chi connectivity index (χ0n) is 28.4. The first-order chi connectivity index (χ1) is 19.0. The van der Waals surface area contributed by atoms with E-state index in [9.17, 15) is 0 Å². The average molecular weight is 774 g/mol. The third-order valence-electron chi connectivity index (χ3n) is 9.69. The van der Waals surface area contributed by atoms with Crippen LogP contribution >= 0.6 is 11.3 Å². The van der Waals surface area contributed by atoms with Gasteiger partial charge in [0.05, 0.1) is 0 Å². The molecule has 0 nitrogen and oxygen atoms in total. The maximum absolute atomic E-state index is 2.59. The summed E-state index contributed by atoms with van der Waals surface area (Å²) in [5, 5.41) is 0. The quantitative estimate of drug-likeness (QED) is 0.0823. The zero-order valence-corrected chi connectivity index (χ0v) is 34.9. The minimum absolute atomic E-state index is 1.36. The molecule has 0 aliphatic carbocycles. The Morgan fingerprint density at radius 1 is 0.359 bits per heavy atom. The molecule has 39 heavy (non-hydrogen) atoms. The molecule has 1 aromatic rings. The van der Waals surface area contributed by atoms with E-state index in [4.69, 9.17) is 0 Å². The molecule has 3 heteroatoms. The van der Waals surface area contributed by atoms with Gasteiger partial charge in [0, 0.05) is 0 Å². The third-order valence-corrected chi connectivity index (χ3v) is 47.8. The second kappa shape index (κ2) is 22.8. The van der Waals surface area contributed by atoms with Crippen LogP contribution in [0.15, 0.2) is 0 Å². The summed E-state index contributed by atoms with van der Waals surface area (Å²) >= 11 is -2.41. The molecule has 0 aliphatic heterocycles. The van der Waals surface area contributed by atoms with Crippen LogP contribution in [0.5, 0.6) is 0 Å². The Morgan fingerprint density at radius 2 is 0.590 bits per heavy atom. The number of hydrogen-bond acceptors (Lipinski definition) is 1. The Kier molecular flexibility index (Phi) is 22.4. The van der Waals surface area contributed by atoms with Gasteiger partial charge in [-0.2, -0.15) is 0 Å². The maximum atomic E-state index is 2.59. The van der Waals surface area contributed by atoms with Crippen molar-refractivity contribution in [3.63, 3.8) is 0 Å². The van der Waals surface area contributed by atoms with Crippen molar-refractivity contribution in [3.8, 4) is 0 Å². The summed E-state index contributed by atoms with van der Waals surface area (Å²) in [7, 11) is 0. The summed E-state index contributed by atoms with van der Waals surface area (Å²) in [4.78, 5) is 0. The van der Waals surface area contributed by atoms with Gasteiger partial charge in [0.2, 0.25) is 0 Å². The summed E-state index contributed by atoms with van der Waals surface area (Å²) in [6.07, 6.45) is 25.8. The standard InChI is InChI=1S/C12H18S.6C4H9.2Sn/c1-3-5-7-11-9-13-10-12(11)8-6-4-2;6*1-3-4-2;;/h3-8H2,1-2H3;6*1,3-4H2,2H3;;. The fraction of sp³-hybridized carbons (Fsp3) is 0.889. The van der Waals surface area contributed by atoms with Gasteiger partial charge in [-0.15, -0.1) is 0 Å². The van der Waals surface area contributed by atoms with Crippen LogP contribution in [-0.2, 0) is 12.8 Å². The van der Waals surface area contributed by atoms with Gasteiger partial charge in [0.1, 0.15) is 0 Å². The first-order valence-electron chi connectivity index (χ1n) is 18.1. The van der Waals surface area contributed by atoms with E-state index < -0.39 is 36.8 Å². The van der Waals surface area contributed by atoms with Crippen molar-refractivity contribution in [1.29, 1.82) is 0 Å². The molecule has 0 aliphatic rings. The van der Waals surface area contributed by atoms with Gasteiger partial charge >= 0.3 is 263 Å². The van der Waals surface area contributed by atoms with Crippen LogP contribution in [0, 0.1) is 0 Å². The average Bonchev–Trinajstić information content (AvgIpc) is 3.33. The molecule has 1 heterocycles. The molecule has 0 atom stereocenters. The van der Waals surface area contributed by atoms with E-state index in [0.29, 0.717) is 0 Å². The van der Waals surface area contributed by atoms with Gasteiger partial charge in [-0.25, -0.2) is 0 Å². The van der Waals surface area contributed by atoms with Crippen molar-refractivity contribution in [2.45, 2.75) is 198 Å². The molecule has 0 spiro atoms. The minimum atomic E-state index is -2.50. The van der Waals surface area contributed by atoms with Crippen molar-refractivity contribution in [2.24, 2.45) is 0 Å². The van der Waals surface area contributed by atoms with E-state index in [0.717, 1.165) is 0 Å². The molecule has 0 saturated heterocycles. The van der Waals surface area contributed by atoms with Crippen LogP contribution < -0.4 is 5.79 Å². The molecule has 0 unspecified atom stereocenters. The van der Waals surface area contributed by atoms with E-state index >= 15 is 0 Å². The molecule has 0 N–H and O–H groups in total. The van der Waals surface area contributed by atoms with E-state index in [-0.39, 0.29) is 0 Å². The molecular formula is C36H72SSn2. The van der Waals surface area contributed by atoms with E-state index in [2.05, 4.69) is 72.5 Å². The third kappa shape index (κ3) is 12.1. The molecule has 1 aromatic heterocycles. The number of unbranched alkanes of at least 4 members (excludes halogenated alkanes) is 8. The van der Waals surface area contributed by atoms with E-state index in [1.165, 1.54) is 116 Å². The topological polar surface area (TPSA) is 0 Å². The summed E-state index contributed by atoms with van der Waals surface area (Å²) < 4.78 is 14.2. The predicted octanol–water partition coefficient (Wildman–Crippen LogP) is 12.5. The molecule has 230 valence electrons. The van der Waals surface area contributed by atoms with E-state index in [1.807, 2.05) is 11.1 Å². The van der Waals surface area contributed by atoms with Crippen molar-refractivity contribution in [1.82, 2.24) is 0 Å². The normalized spacial score (nSPS) is 12.5. The first-order valence-corrected chi connectivity index (χ1v) is 33.9. The van der Waals surface area contributed by atoms with Gasteiger partial charge in [-0.3, -0.25) is 0 Å². The van der Waals surface area contributed by atoms with Crippen molar-refractivity contribution >= 4 is 53.9 Å². The van der Waals surface area contributed by atoms with Crippen molar-refractivity contribution in [3.05, 3.63) is 11.1 Å². The SMILES string of the molecule is CCCCc1[c]([Sn]([CH2]CCC)([CH2]CCC)[CH2]CCC)s[c]([Sn]([CH2]CCC)([CH2]CCC)[CH2]CCC)c1CCCC. The monoisotopic (exact) mass is 776 g/mol. The van der Waals surface area contributed by atoms with Gasteiger partial charge in [0.15, 0.2) is 0 Å². The number of thiophene rings is 1. The molecule has 0 bridgehead atoms. The van der Waals surface area contributed by atoms with Gasteiger partial charge in [-0.1, -0.05) is 0 Å². The van der Waals surface area contributed by atoms with Crippen molar-refractivity contribution in [2.75, 3.05) is 0 Å². The Morgan fingerprint density at radius 3 is 0.795 bits per heavy atom. The van der Waals surface area contributed by atoms with Crippen LogP contribution in [0.1, 0.15) is 169 Å². The van der Waals surface area contributed by atoms with Crippen LogP contribution in [0.4, 0.5) is 0 Å². The second-order valence-electron chi connectivity index (χ2n) is 13.1. The van der Waals surface area contributed by atoms with Crippen LogP contribution in [0.3, 0.4) is 0 Å². The number of hydrogen-bond donors (Lipinski definition) is 0. The second-order valence-corrected chi connectivity index (χ2v) is 42.2. The van der Waals surface area contributed by atoms with Crippen LogP contribution in [0.25, 0.3) is 0 Å². The Balaban J connectivity index is 4.05. The van der Waals surface area contributed by atoms with Crippen LogP contribution in [0.2, 0.25) is 26.6 Å².